The Bertz CT molecular complexity index is 717. The Kier molecular flexibility index (Phi) is 5.30. The molecule has 0 aromatic heterocycles. The van der Waals surface area contributed by atoms with Gasteiger partial charge < -0.3 is 10.1 Å². The van der Waals surface area contributed by atoms with Gasteiger partial charge in [0.2, 0.25) is 0 Å². The molecule has 0 bridgehead atoms. The van der Waals surface area contributed by atoms with Gasteiger partial charge in [0.1, 0.15) is 5.75 Å². The lowest BCUT2D eigenvalue weighted by atomic mass is 10.2. The molecule has 2 aromatic carbocycles. The van der Waals surface area contributed by atoms with Crippen molar-refractivity contribution in [1.82, 2.24) is 0 Å². The Balaban J connectivity index is 2.00. The Hall–Kier alpha value is -2.02. The predicted molar refractivity (Wildman–Crippen MR) is 84.4 cm³/mol. The van der Waals surface area contributed by atoms with Crippen LogP contribution in [0.5, 0.6) is 5.75 Å². The molecule has 0 saturated carbocycles. The number of nitrogens with one attached hydrogen (secondary N) is 1. The summed E-state index contributed by atoms with van der Waals surface area (Å²) in [6.07, 6.45) is -4.50. The first-order valence-corrected chi connectivity index (χ1v) is 7.41. The highest BCUT2D eigenvalue weighted by Crippen LogP contribution is 2.36. The summed E-state index contributed by atoms with van der Waals surface area (Å²) >= 11 is 2.84. The average molecular weight is 388 g/mol. The Morgan fingerprint density at radius 1 is 1.22 bits per heavy atom. The second-order valence-corrected chi connectivity index (χ2v) is 5.70. The molecule has 23 heavy (non-hydrogen) atoms. The number of aryl methyl sites for hydroxylation is 1. The number of alkyl halides is 3. The van der Waals surface area contributed by atoms with E-state index in [4.69, 9.17) is 4.74 Å². The van der Waals surface area contributed by atoms with Crippen molar-refractivity contribution in [1.29, 1.82) is 0 Å². The van der Waals surface area contributed by atoms with Gasteiger partial charge in [0, 0.05) is 10.2 Å². The van der Waals surface area contributed by atoms with Crippen LogP contribution in [0.1, 0.15) is 11.1 Å². The molecule has 0 aliphatic carbocycles. The van der Waals surface area contributed by atoms with E-state index in [1.165, 1.54) is 12.1 Å². The van der Waals surface area contributed by atoms with Crippen LogP contribution in [0.3, 0.4) is 0 Å². The maximum absolute atomic E-state index is 12.8. The maximum Gasteiger partial charge on any atom is 0.417 e. The van der Waals surface area contributed by atoms with E-state index in [2.05, 4.69) is 21.2 Å². The van der Waals surface area contributed by atoms with E-state index >= 15 is 0 Å². The Labute approximate surface area is 139 Å². The molecule has 0 spiro atoms. The summed E-state index contributed by atoms with van der Waals surface area (Å²) < 4.78 is 43.6. The summed E-state index contributed by atoms with van der Waals surface area (Å²) in [6.45, 7) is 1.59. The molecule has 1 amide bonds. The maximum atomic E-state index is 12.8. The van der Waals surface area contributed by atoms with E-state index in [0.717, 1.165) is 11.6 Å². The molecule has 0 atom stereocenters. The van der Waals surface area contributed by atoms with Crippen molar-refractivity contribution < 1.29 is 22.7 Å². The Morgan fingerprint density at radius 3 is 2.61 bits per heavy atom. The van der Waals surface area contributed by atoms with Gasteiger partial charge in [-0.3, -0.25) is 4.79 Å². The number of carbonyl (C=O) groups excluding carboxylic acids is 1. The van der Waals surface area contributed by atoms with Gasteiger partial charge in [0.25, 0.3) is 5.91 Å². The van der Waals surface area contributed by atoms with Gasteiger partial charge in [0.05, 0.1) is 5.56 Å². The molecule has 7 heteroatoms. The molecule has 0 aliphatic rings. The van der Waals surface area contributed by atoms with Crippen LogP contribution in [-0.4, -0.2) is 12.5 Å². The lowest BCUT2D eigenvalue weighted by molar-refractivity contribution is -0.138. The van der Waals surface area contributed by atoms with E-state index in [-0.39, 0.29) is 16.8 Å². The van der Waals surface area contributed by atoms with Gasteiger partial charge in [-0.25, -0.2) is 0 Å². The van der Waals surface area contributed by atoms with E-state index < -0.39 is 17.6 Å². The van der Waals surface area contributed by atoms with Crippen molar-refractivity contribution in [2.45, 2.75) is 13.1 Å². The lowest BCUT2D eigenvalue weighted by Gasteiger charge is -2.12. The number of carbonyl (C=O) groups is 1. The largest absolute Gasteiger partial charge is 0.484 e. The standard InChI is InChI=1S/C16H13BrF3NO2/c1-10-3-2-4-12(7-10)23-9-15(22)21-11-5-6-14(17)13(8-11)16(18,19)20/h2-8H,9H2,1H3,(H,21,22). The minimum absolute atomic E-state index is 0.0540. The molecule has 0 heterocycles. The first-order valence-electron chi connectivity index (χ1n) is 6.62. The summed E-state index contributed by atoms with van der Waals surface area (Å²) in [5.74, 6) is -0.0195. The van der Waals surface area contributed by atoms with Gasteiger partial charge in [-0.2, -0.15) is 13.2 Å². The van der Waals surface area contributed by atoms with Gasteiger partial charge in [-0.1, -0.05) is 28.1 Å². The second kappa shape index (κ2) is 7.04. The third-order valence-electron chi connectivity index (χ3n) is 2.91. The van der Waals surface area contributed by atoms with Crippen LogP contribution in [-0.2, 0) is 11.0 Å². The number of hydrogen-bond donors (Lipinski definition) is 1. The number of hydrogen-bond acceptors (Lipinski definition) is 2. The van der Waals surface area contributed by atoms with Crippen molar-refractivity contribution in [3.05, 3.63) is 58.1 Å². The lowest BCUT2D eigenvalue weighted by Crippen LogP contribution is -2.20. The first-order chi connectivity index (χ1) is 10.8. The van der Waals surface area contributed by atoms with Crippen LogP contribution in [0.2, 0.25) is 0 Å². The van der Waals surface area contributed by atoms with E-state index in [1.807, 2.05) is 13.0 Å². The zero-order valence-electron chi connectivity index (χ0n) is 12.1. The predicted octanol–water partition coefficient (Wildman–Crippen LogP) is 4.79. The Morgan fingerprint density at radius 2 is 1.96 bits per heavy atom. The van der Waals surface area contributed by atoms with Crippen LogP contribution >= 0.6 is 15.9 Å². The quantitative estimate of drug-likeness (QED) is 0.818. The van der Waals surface area contributed by atoms with Gasteiger partial charge in [0.15, 0.2) is 6.61 Å². The third-order valence-corrected chi connectivity index (χ3v) is 3.61. The number of rotatable bonds is 4. The fourth-order valence-electron chi connectivity index (χ4n) is 1.87. The minimum Gasteiger partial charge on any atom is -0.484 e. The number of amides is 1. The zero-order chi connectivity index (χ0) is 17.0. The topological polar surface area (TPSA) is 38.3 Å². The molecule has 0 radical (unpaired) electrons. The fourth-order valence-corrected chi connectivity index (χ4v) is 2.34. The SMILES string of the molecule is Cc1cccc(OCC(=O)Nc2ccc(Br)c(C(F)(F)F)c2)c1. The molecule has 1 N–H and O–H groups in total. The summed E-state index contributed by atoms with van der Waals surface area (Å²) in [5.41, 5.74) is 0.180. The summed E-state index contributed by atoms with van der Waals surface area (Å²) in [6, 6.07) is 10.6. The van der Waals surface area contributed by atoms with E-state index in [0.29, 0.717) is 5.75 Å². The van der Waals surface area contributed by atoms with Gasteiger partial charge in [-0.15, -0.1) is 0 Å². The molecular weight excluding hydrogens is 375 g/mol. The van der Waals surface area contributed by atoms with Crippen LogP contribution in [0.4, 0.5) is 18.9 Å². The van der Waals surface area contributed by atoms with E-state index in [1.54, 1.807) is 18.2 Å². The highest BCUT2D eigenvalue weighted by molar-refractivity contribution is 9.10. The number of anilines is 1. The van der Waals surface area contributed by atoms with Crippen LogP contribution < -0.4 is 10.1 Å². The monoisotopic (exact) mass is 387 g/mol. The third kappa shape index (κ3) is 4.99. The minimum atomic E-state index is -4.50. The molecule has 2 aromatic rings. The van der Waals surface area contributed by atoms with Gasteiger partial charge >= 0.3 is 6.18 Å². The highest BCUT2D eigenvalue weighted by Gasteiger charge is 2.33. The van der Waals surface area contributed by atoms with Crippen molar-refractivity contribution in [3.8, 4) is 5.75 Å². The smallest absolute Gasteiger partial charge is 0.417 e. The highest BCUT2D eigenvalue weighted by atomic mass is 79.9. The molecule has 0 aliphatic heterocycles. The second-order valence-electron chi connectivity index (χ2n) is 4.85. The van der Waals surface area contributed by atoms with Crippen molar-refractivity contribution in [2.75, 3.05) is 11.9 Å². The van der Waals surface area contributed by atoms with Crippen molar-refractivity contribution in [3.63, 3.8) is 0 Å². The van der Waals surface area contributed by atoms with Crippen molar-refractivity contribution in [2.24, 2.45) is 0 Å². The molecule has 0 fully saturated rings. The molecular formula is C16H13BrF3NO2. The number of ether oxygens (including phenoxy) is 1. The molecule has 122 valence electrons. The van der Waals surface area contributed by atoms with Gasteiger partial charge in [-0.05, 0) is 42.8 Å². The summed E-state index contributed by atoms with van der Waals surface area (Å²) in [7, 11) is 0. The fraction of sp³-hybridized carbons (Fsp3) is 0.188. The normalized spacial score (nSPS) is 11.2. The molecule has 3 nitrogen and oxygen atoms in total. The summed E-state index contributed by atoms with van der Waals surface area (Å²) in [5, 5.41) is 2.38. The van der Waals surface area contributed by atoms with Crippen LogP contribution in [0.15, 0.2) is 46.9 Å². The molecule has 0 saturated heterocycles. The van der Waals surface area contributed by atoms with E-state index in [9.17, 15) is 18.0 Å². The van der Waals surface area contributed by atoms with Crippen LogP contribution in [0.25, 0.3) is 0 Å². The van der Waals surface area contributed by atoms with Crippen molar-refractivity contribution >= 4 is 27.5 Å². The average Bonchev–Trinajstić information content (AvgIpc) is 2.46. The molecule has 2 rings (SSSR count). The first kappa shape index (κ1) is 17.3. The molecule has 0 unspecified atom stereocenters. The zero-order valence-corrected chi connectivity index (χ0v) is 13.7. The number of benzene rings is 2. The summed E-state index contributed by atoms with van der Waals surface area (Å²) in [4.78, 5) is 11.8. The number of halogens is 4. The van der Waals surface area contributed by atoms with Crippen LogP contribution in [0, 0.1) is 6.92 Å².